The average molecular weight is 499 g/mol. The molecule has 1 amide bonds. The van der Waals surface area contributed by atoms with E-state index in [-0.39, 0.29) is 11.4 Å². The van der Waals surface area contributed by atoms with Gasteiger partial charge in [-0.15, -0.1) is 0 Å². The second-order valence-corrected chi connectivity index (χ2v) is 10.3. The van der Waals surface area contributed by atoms with E-state index in [1.54, 1.807) is 37.3 Å². The molecule has 0 unspecified atom stereocenters. The van der Waals surface area contributed by atoms with Gasteiger partial charge in [0.2, 0.25) is 5.91 Å². The third kappa shape index (κ3) is 6.24. The number of nitrogens with one attached hydrogen (secondary N) is 1. The normalized spacial score (nSPS) is 11.1. The Kier molecular flexibility index (Phi) is 8.47. The first-order valence-electron chi connectivity index (χ1n) is 10.8. The Balaban J connectivity index is 1.84. The van der Waals surface area contributed by atoms with Crippen LogP contribution in [0.1, 0.15) is 28.7 Å². The van der Waals surface area contributed by atoms with Gasteiger partial charge in [-0.25, -0.2) is 8.42 Å². The molecule has 8 heteroatoms. The quantitative estimate of drug-likeness (QED) is 0.414. The zero-order valence-electron chi connectivity index (χ0n) is 19.1. The zero-order chi connectivity index (χ0) is 24.7. The molecule has 34 heavy (non-hydrogen) atoms. The number of nitrogens with zero attached hydrogens (tertiary/aromatic N) is 1. The first-order valence-corrected chi connectivity index (χ1v) is 12.7. The summed E-state index contributed by atoms with van der Waals surface area (Å²) in [6, 6.07) is 19.0. The summed E-state index contributed by atoms with van der Waals surface area (Å²) in [5.74, 6) is -0.451. The van der Waals surface area contributed by atoms with E-state index in [4.69, 9.17) is 11.6 Å². The van der Waals surface area contributed by atoms with Gasteiger partial charge in [0, 0.05) is 18.0 Å². The van der Waals surface area contributed by atoms with Crippen LogP contribution < -0.4 is 9.62 Å². The predicted octanol–water partition coefficient (Wildman–Crippen LogP) is 4.60. The molecule has 0 saturated heterocycles. The summed E-state index contributed by atoms with van der Waals surface area (Å²) in [4.78, 5) is 23.6. The number of rotatable bonds is 10. The average Bonchev–Trinajstić information content (AvgIpc) is 2.82. The Morgan fingerprint density at radius 2 is 1.68 bits per heavy atom. The van der Waals surface area contributed by atoms with Crippen LogP contribution in [0.5, 0.6) is 0 Å². The van der Waals surface area contributed by atoms with Crippen LogP contribution in [-0.2, 0) is 32.6 Å². The lowest BCUT2D eigenvalue weighted by Crippen LogP contribution is -2.41. The maximum Gasteiger partial charge on any atom is 0.264 e. The monoisotopic (exact) mass is 498 g/mol. The van der Waals surface area contributed by atoms with Crippen LogP contribution in [0, 0.1) is 13.8 Å². The molecule has 3 aromatic carbocycles. The highest BCUT2D eigenvalue weighted by atomic mass is 35.5. The summed E-state index contributed by atoms with van der Waals surface area (Å²) in [5, 5.41) is 3.21. The second-order valence-electron chi connectivity index (χ2n) is 8.01. The van der Waals surface area contributed by atoms with Crippen LogP contribution in [0.2, 0.25) is 5.02 Å². The van der Waals surface area contributed by atoms with Crippen molar-refractivity contribution in [3.63, 3.8) is 0 Å². The Morgan fingerprint density at radius 3 is 2.38 bits per heavy atom. The Labute approximate surface area is 205 Å². The number of hydrogen-bond acceptors (Lipinski definition) is 4. The van der Waals surface area contributed by atoms with Crippen molar-refractivity contribution in [3.8, 4) is 0 Å². The van der Waals surface area contributed by atoms with Gasteiger partial charge < -0.3 is 10.1 Å². The van der Waals surface area contributed by atoms with Gasteiger partial charge >= 0.3 is 0 Å². The van der Waals surface area contributed by atoms with Crippen molar-refractivity contribution in [2.75, 3.05) is 10.8 Å². The van der Waals surface area contributed by atoms with Gasteiger partial charge in [0.1, 0.15) is 12.8 Å². The molecule has 178 valence electrons. The topological polar surface area (TPSA) is 83.6 Å². The number of aryl methyl sites for hydroxylation is 2. The van der Waals surface area contributed by atoms with Gasteiger partial charge in [-0.2, -0.15) is 0 Å². The minimum absolute atomic E-state index is 0.0909. The van der Waals surface area contributed by atoms with Crippen LogP contribution in [-0.4, -0.2) is 27.2 Å². The van der Waals surface area contributed by atoms with Crippen molar-refractivity contribution >= 4 is 39.5 Å². The number of benzene rings is 3. The predicted molar refractivity (Wildman–Crippen MR) is 135 cm³/mol. The summed E-state index contributed by atoms with van der Waals surface area (Å²) in [5.41, 5.74) is 3.70. The molecule has 0 heterocycles. The number of aldehydes is 1. The number of carbonyl (C=O) groups excluding carboxylic acids is 2. The van der Waals surface area contributed by atoms with E-state index in [1.807, 2.05) is 31.2 Å². The maximum absolute atomic E-state index is 13.5. The fourth-order valence-electron chi connectivity index (χ4n) is 3.51. The molecule has 0 atom stereocenters. The Morgan fingerprint density at radius 1 is 1.00 bits per heavy atom. The number of sulfonamides is 1. The highest BCUT2D eigenvalue weighted by Gasteiger charge is 2.28. The molecular weight excluding hydrogens is 472 g/mol. The summed E-state index contributed by atoms with van der Waals surface area (Å²) >= 11 is 6.26. The van der Waals surface area contributed by atoms with Crippen molar-refractivity contribution in [1.82, 2.24) is 5.32 Å². The van der Waals surface area contributed by atoms with Crippen LogP contribution in [0.3, 0.4) is 0 Å². The minimum atomic E-state index is -4.02. The lowest BCUT2D eigenvalue weighted by molar-refractivity contribution is -0.119. The summed E-state index contributed by atoms with van der Waals surface area (Å²) in [6.45, 7) is 3.43. The van der Waals surface area contributed by atoms with Gasteiger partial charge in [0.25, 0.3) is 10.0 Å². The zero-order valence-corrected chi connectivity index (χ0v) is 20.7. The van der Waals surface area contributed by atoms with E-state index in [0.29, 0.717) is 29.1 Å². The summed E-state index contributed by atoms with van der Waals surface area (Å²) in [6.07, 6.45) is 1.93. The van der Waals surface area contributed by atoms with Gasteiger partial charge in [0.15, 0.2) is 0 Å². The molecule has 6 nitrogen and oxygen atoms in total. The molecule has 0 aromatic heterocycles. The fourth-order valence-corrected chi connectivity index (χ4v) is 5.16. The molecule has 3 aromatic rings. The lowest BCUT2D eigenvalue weighted by atomic mass is 10.1. The van der Waals surface area contributed by atoms with Gasteiger partial charge in [-0.05, 0) is 61.2 Å². The molecule has 0 saturated carbocycles. The van der Waals surface area contributed by atoms with Crippen LogP contribution in [0.25, 0.3) is 0 Å². The third-order valence-electron chi connectivity index (χ3n) is 5.44. The van der Waals surface area contributed by atoms with E-state index >= 15 is 0 Å². The van der Waals surface area contributed by atoms with Crippen LogP contribution in [0.4, 0.5) is 5.69 Å². The fraction of sp³-hybridized carbons (Fsp3) is 0.231. The standard InChI is InChI=1S/C26H27ClN2O4S/c1-19-11-13-23(14-12-19)34(32,33)29(25-10-4-9-24(27)20(25)2)18-26(31)28-17-22-7-3-6-21(16-22)8-5-15-30/h3-4,6-7,9-16H,5,8,17-18H2,1-2H3,(H,28,31). The Bertz CT molecular complexity index is 1270. The maximum atomic E-state index is 13.5. The van der Waals surface area contributed by atoms with Gasteiger partial charge in [-0.1, -0.05) is 59.6 Å². The van der Waals surface area contributed by atoms with Crippen molar-refractivity contribution < 1.29 is 18.0 Å². The molecule has 0 aliphatic rings. The molecule has 0 radical (unpaired) electrons. The summed E-state index contributed by atoms with van der Waals surface area (Å²) < 4.78 is 28.2. The highest BCUT2D eigenvalue weighted by Crippen LogP contribution is 2.30. The van der Waals surface area contributed by atoms with Gasteiger partial charge in [-0.3, -0.25) is 9.10 Å². The number of carbonyl (C=O) groups is 2. The van der Waals surface area contributed by atoms with Crippen LogP contribution in [0.15, 0.2) is 71.6 Å². The molecule has 0 fully saturated rings. The molecule has 0 bridgehead atoms. The number of anilines is 1. The SMILES string of the molecule is Cc1ccc(S(=O)(=O)N(CC(=O)NCc2cccc(CCC=O)c2)c2cccc(Cl)c2C)cc1. The first kappa shape index (κ1) is 25.5. The Hall–Kier alpha value is -3.16. The first-order chi connectivity index (χ1) is 16.2. The molecule has 1 N–H and O–H groups in total. The van der Waals surface area contributed by atoms with Crippen molar-refractivity contribution in [2.24, 2.45) is 0 Å². The van der Waals surface area contributed by atoms with Crippen molar-refractivity contribution in [1.29, 1.82) is 0 Å². The molecule has 0 spiro atoms. The van der Waals surface area contributed by atoms with Crippen molar-refractivity contribution in [3.05, 3.63) is 94.0 Å². The lowest BCUT2D eigenvalue weighted by Gasteiger charge is -2.26. The van der Waals surface area contributed by atoms with Crippen LogP contribution >= 0.6 is 11.6 Å². The van der Waals surface area contributed by atoms with E-state index in [2.05, 4.69) is 5.32 Å². The second kappa shape index (κ2) is 11.3. The molecule has 0 aliphatic heterocycles. The summed E-state index contributed by atoms with van der Waals surface area (Å²) in [7, 11) is -4.02. The third-order valence-corrected chi connectivity index (χ3v) is 7.62. The molecule has 0 aliphatic carbocycles. The van der Waals surface area contributed by atoms with Crippen molar-refractivity contribution in [2.45, 2.75) is 38.1 Å². The van der Waals surface area contributed by atoms with Gasteiger partial charge in [0.05, 0.1) is 10.6 Å². The van der Waals surface area contributed by atoms with E-state index in [9.17, 15) is 18.0 Å². The van der Waals surface area contributed by atoms with E-state index in [1.165, 1.54) is 12.1 Å². The van der Waals surface area contributed by atoms with E-state index in [0.717, 1.165) is 27.3 Å². The van der Waals surface area contributed by atoms with E-state index < -0.39 is 22.5 Å². The smallest absolute Gasteiger partial charge is 0.264 e. The number of halogens is 1. The number of amides is 1. The number of hydrogen-bond donors (Lipinski definition) is 1. The minimum Gasteiger partial charge on any atom is -0.350 e. The highest BCUT2D eigenvalue weighted by molar-refractivity contribution is 7.92. The molecule has 3 rings (SSSR count). The largest absolute Gasteiger partial charge is 0.350 e. The molecular formula is C26H27ClN2O4S.